The predicted molar refractivity (Wildman–Crippen MR) is 75.3 cm³/mol. The van der Waals surface area contributed by atoms with Gasteiger partial charge in [0.2, 0.25) is 0 Å². The molecule has 0 atom stereocenters. The van der Waals surface area contributed by atoms with Gasteiger partial charge in [-0.25, -0.2) is 0 Å². The number of hydrogen-bond donors (Lipinski definition) is 1. The molecule has 1 heterocycles. The first kappa shape index (κ1) is 13.5. The molecule has 4 nitrogen and oxygen atoms in total. The van der Waals surface area contributed by atoms with Crippen molar-refractivity contribution in [3.8, 4) is 0 Å². The highest BCUT2D eigenvalue weighted by Crippen LogP contribution is 2.12. The van der Waals surface area contributed by atoms with Crippen LogP contribution in [0.4, 0.5) is 0 Å². The Morgan fingerprint density at radius 3 is 2.79 bits per heavy atom. The van der Waals surface area contributed by atoms with Gasteiger partial charge in [0.05, 0.1) is 12.1 Å². The summed E-state index contributed by atoms with van der Waals surface area (Å²) in [4.78, 5) is 12.3. The molecule has 0 amide bonds. The van der Waals surface area contributed by atoms with Gasteiger partial charge in [0, 0.05) is 18.8 Å². The first-order chi connectivity index (χ1) is 9.20. The molecule has 1 aromatic heterocycles. The van der Waals surface area contributed by atoms with Crippen LogP contribution >= 0.6 is 0 Å². The van der Waals surface area contributed by atoms with E-state index in [2.05, 4.69) is 10.4 Å². The second-order valence-corrected chi connectivity index (χ2v) is 4.59. The lowest BCUT2D eigenvalue weighted by Gasteiger charge is -2.07. The second kappa shape index (κ2) is 6.29. The van der Waals surface area contributed by atoms with Gasteiger partial charge in [0.25, 0.3) is 0 Å². The van der Waals surface area contributed by atoms with Crippen LogP contribution in [0.1, 0.15) is 21.6 Å². The molecule has 100 valence electrons. The first-order valence-corrected chi connectivity index (χ1v) is 6.45. The zero-order chi connectivity index (χ0) is 13.7. The normalized spacial score (nSPS) is 10.6. The van der Waals surface area contributed by atoms with Crippen LogP contribution in [-0.2, 0) is 19.9 Å². The highest BCUT2D eigenvalue weighted by Gasteiger charge is 2.12. The average Bonchev–Trinajstić information content (AvgIpc) is 2.82. The predicted octanol–water partition coefficient (Wildman–Crippen LogP) is 1.61. The molecular formula is C15H19N3O. The van der Waals surface area contributed by atoms with E-state index in [0.29, 0.717) is 6.42 Å². The molecule has 0 unspecified atom stereocenters. The molecule has 1 N–H and O–H groups in total. The van der Waals surface area contributed by atoms with E-state index >= 15 is 0 Å². The summed E-state index contributed by atoms with van der Waals surface area (Å²) in [6.07, 6.45) is 3.08. The van der Waals surface area contributed by atoms with E-state index in [4.69, 9.17) is 0 Å². The van der Waals surface area contributed by atoms with Crippen molar-refractivity contribution >= 4 is 5.78 Å². The summed E-state index contributed by atoms with van der Waals surface area (Å²) in [5.41, 5.74) is 2.72. The fourth-order valence-electron chi connectivity index (χ4n) is 2.09. The molecule has 4 heteroatoms. The number of rotatable bonds is 6. The summed E-state index contributed by atoms with van der Waals surface area (Å²) in [6.45, 7) is 0.869. The maximum absolute atomic E-state index is 12.3. The number of ketones is 1. The van der Waals surface area contributed by atoms with E-state index in [1.807, 2.05) is 50.6 Å². The van der Waals surface area contributed by atoms with Crippen molar-refractivity contribution in [1.82, 2.24) is 15.1 Å². The molecule has 0 saturated carbocycles. The number of likely N-dealkylation sites (N-methyl/N-ethyl adjacent to an activating group) is 1. The quantitative estimate of drug-likeness (QED) is 0.800. The third kappa shape index (κ3) is 3.51. The number of Topliss-reactive ketones (excluding diaryl/α,β-unsaturated/α-hetero) is 1. The number of aromatic nitrogens is 2. The summed E-state index contributed by atoms with van der Waals surface area (Å²) in [5, 5.41) is 7.36. The number of aryl methyl sites for hydroxylation is 1. The summed E-state index contributed by atoms with van der Waals surface area (Å²) >= 11 is 0. The molecule has 0 aliphatic carbocycles. The van der Waals surface area contributed by atoms with E-state index in [-0.39, 0.29) is 5.78 Å². The Kier molecular flexibility index (Phi) is 4.47. The summed E-state index contributed by atoms with van der Waals surface area (Å²) in [5.74, 6) is 0.130. The van der Waals surface area contributed by atoms with Crippen LogP contribution in [-0.4, -0.2) is 29.2 Å². The summed E-state index contributed by atoms with van der Waals surface area (Å²) in [7, 11) is 3.77. The minimum absolute atomic E-state index is 0.130. The lowest BCUT2D eigenvalue weighted by Crippen LogP contribution is -2.14. The largest absolute Gasteiger partial charge is 0.319 e. The van der Waals surface area contributed by atoms with Gasteiger partial charge in [0.1, 0.15) is 0 Å². The van der Waals surface area contributed by atoms with Crippen molar-refractivity contribution in [2.45, 2.75) is 12.8 Å². The van der Waals surface area contributed by atoms with Crippen molar-refractivity contribution in [2.24, 2.45) is 7.05 Å². The van der Waals surface area contributed by atoms with Crippen molar-refractivity contribution in [3.63, 3.8) is 0 Å². The van der Waals surface area contributed by atoms with Gasteiger partial charge in [-0.3, -0.25) is 9.48 Å². The van der Waals surface area contributed by atoms with Crippen LogP contribution in [0.2, 0.25) is 0 Å². The fourth-order valence-corrected chi connectivity index (χ4v) is 2.09. The Morgan fingerprint density at radius 2 is 2.11 bits per heavy atom. The monoisotopic (exact) mass is 257 g/mol. The number of nitrogens with one attached hydrogen (secondary N) is 1. The smallest absolute Gasteiger partial charge is 0.169 e. The fraction of sp³-hybridized carbons (Fsp3) is 0.333. The van der Waals surface area contributed by atoms with Gasteiger partial charge in [-0.15, -0.1) is 0 Å². The SMILES string of the molecule is CNCCc1ccccc1C(=O)Cc1ccn(C)n1. The number of benzene rings is 1. The van der Waals surface area contributed by atoms with Crippen molar-refractivity contribution < 1.29 is 4.79 Å². The van der Waals surface area contributed by atoms with Crippen LogP contribution < -0.4 is 5.32 Å². The Hall–Kier alpha value is -1.94. The number of hydrogen-bond acceptors (Lipinski definition) is 3. The molecule has 0 radical (unpaired) electrons. The molecule has 19 heavy (non-hydrogen) atoms. The van der Waals surface area contributed by atoms with E-state index < -0.39 is 0 Å². The average molecular weight is 257 g/mol. The molecule has 0 aliphatic heterocycles. The van der Waals surface area contributed by atoms with Gasteiger partial charge in [-0.05, 0) is 31.6 Å². The molecule has 0 bridgehead atoms. The minimum Gasteiger partial charge on any atom is -0.319 e. The number of nitrogens with zero attached hydrogens (tertiary/aromatic N) is 2. The Labute approximate surface area is 113 Å². The first-order valence-electron chi connectivity index (χ1n) is 6.45. The molecule has 1 aromatic carbocycles. The summed E-state index contributed by atoms with van der Waals surface area (Å²) < 4.78 is 1.72. The maximum atomic E-state index is 12.3. The third-order valence-corrected chi connectivity index (χ3v) is 3.07. The lowest BCUT2D eigenvalue weighted by atomic mass is 9.98. The van der Waals surface area contributed by atoms with Gasteiger partial charge in [-0.2, -0.15) is 5.10 Å². The Bertz CT molecular complexity index is 560. The van der Waals surface area contributed by atoms with E-state index in [9.17, 15) is 4.79 Å². The molecule has 0 fully saturated rings. The zero-order valence-electron chi connectivity index (χ0n) is 11.4. The number of carbonyl (C=O) groups excluding carboxylic acids is 1. The third-order valence-electron chi connectivity index (χ3n) is 3.07. The maximum Gasteiger partial charge on any atom is 0.169 e. The summed E-state index contributed by atoms with van der Waals surface area (Å²) in [6, 6.07) is 9.68. The van der Waals surface area contributed by atoms with Crippen LogP contribution in [0.3, 0.4) is 0 Å². The molecular weight excluding hydrogens is 238 g/mol. The Morgan fingerprint density at radius 1 is 1.32 bits per heavy atom. The lowest BCUT2D eigenvalue weighted by molar-refractivity contribution is 0.0991. The van der Waals surface area contributed by atoms with Crippen LogP contribution in [0.15, 0.2) is 36.5 Å². The van der Waals surface area contributed by atoms with Crippen molar-refractivity contribution in [3.05, 3.63) is 53.3 Å². The van der Waals surface area contributed by atoms with Crippen molar-refractivity contribution in [2.75, 3.05) is 13.6 Å². The van der Waals surface area contributed by atoms with Gasteiger partial charge in [-0.1, -0.05) is 24.3 Å². The zero-order valence-corrected chi connectivity index (χ0v) is 11.4. The highest BCUT2D eigenvalue weighted by molar-refractivity contribution is 5.98. The van der Waals surface area contributed by atoms with Gasteiger partial charge >= 0.3 is 0 Å². The van der Waals surface area contributed by atoms with Gasteiger partial charge < -0.3 is 5.32 Å². The van der Waals surface area contributed by atoms with Crippen molar-refractivity contribution in [1.29, 1.82) is 0 Å². The molecule has 0 spiro atoms. The van der Waals surface area contributed by atoms with Gasteiger partial charge in [0.15, 0.2) is 5.78 Å². The van der Waals surface area contributed by atoms with E-state index in [1.165, 1.54) is 0 Å². The Balaban J connectivity index is 2.14. The van der Waals surface area contributed by atoms with Crippen LogP contribution in [0.5, 0.6) is 0 Å². The molecule has 0 aliphatic rings. The second-order valence-electron chi connectivity index (χ2n) is 4.59. The van der Waals surface area contributed by atoms with Crippen LogP contribution in [0, 0.1) is 0 Å². The number of carbonyl (C=O) groups is 1. The highest BCUT2D eigenvalue weighted by atomic mass is 16.1. The van der Waals surface area contributed by atoms with E-state index in [0.717, 1.165) is 29.8 Å². The molecule has 2 rings (SSSR count). The minimum atomic E-state index is 0.130. The standard InChI is InChI=1S/C15H19N3O/c1-16-9-7-12-5-3-4-6-14(12)15(19)11-13-8-10-18(2)17-13/h3-6,8,10,16H,7,9,11H2,1-2H3. The molecule has 2 aromatic rings. The van der Waals surface area contributed by atoms with Crippen LogP contribution in [0.25, 0.3) is 0 Å². The molecule has 0 saturated heterocycles. The van der Waals surface area contributed by atoms with E-state index in [1.54, 1.807) is 4.68 Å². The topological polar surface area (TPSA) is 46.9 Å².